The lowest BCUT2D eigenvalue weighted by atomic mass is 10.2. The normalized spacial score (nSPS) is 10.7. The van der Waals surface area contributed by atoms with Gasteiger partial charge in [0, 0.05) is 17.1 Å². The molecule has 6 aromatic rings. The van der Waals surface area contributed by atoms with Gasteiger partial charge in [0.1, 0.15) is 17.1 Å². The minimum Gasteiger partial charge on any atom is -0.354 e. The second kappa shape index (κ2) is 11.8. The van der Waals surface area contributed by atoms with Crippen molar-refractivity contribution >= 4 is 45.6 Å². The minimum absolute atomic E-state index is 0.248. The van der Waals surface area contributed by atoms with Gasteiger partial charge in [-0.15, -0.1) is 0 Å². The Labute approximate surface area is 247 Å². The highest BCUT2D eigenvalue weighted by Gasteiger charge is 2.14. The molecule has 2 amide bonds. The fourth-order valence-electron chi connectivity index (χ4n) is 4.46. The number of imidazole rings is 1. The zero-order chi connectivity index (χ0) is 29.8. The van der Waals surface area contributed by atoms with Gasteiger partial charge in [0.25, 0.3) is 11.8 Å². The van der Waals surface area contributed by atoms with Crippen LogP contribution in [0.15, 0.2) is 116 Å². The third kappa shape index (κ3) is 6.15. The van der Waals surface area contributed by atoms with Crippen molar-refractivity contribution in [1.82, 2.24) is 19.9 Å². The van der Waals surface area contributed by atoms with Gasteiger partial charge in [-0.25, -0.2) is 15.0 Å². The molecule has 0 saturated heterocycles. The highest BCUT2D eigenvalue weighted by molar-refractivity contribution is 6.04. The van der Waals surface area contributed by atoms with Crippen LogP contribution in [-0.4, -0.2) is 31.8 Å². The maximum atomic E-state index is 12.9. The third-order valence-electron chi connectivity index (χ3n) is 6.74. The van der Waals surface area contributed by atoms with Crippen molar-refractivity contribution in [2.24, 2.45) is 0 Å². The van der Waals surface area contributed by atoms with Crippen LogP contribution in [0.1, 0.15) is 32.2 Å². The van der Waals surface area contributed by atoms with E-state index >= 15 is 0 Å². The van der Waals surface area contributed by atoms with Crippen molar-refractivity contribution in [3.8, 4) is 11.5 Å². The van der Waals surface area contributed by atoms with Crippen LogP contribution in [0, 0.1) is 6.92 Å². The van der Waals surface area contributed by atoms with Crippen LogP contribution in [0.5, 0.6) is 0 Å². The number of fused-ring (bicyclic) bond motifs is 1. The molecule has 9 heteroatoms. The molecule has 0 fully saturated rings. The average molecular weight is 566 g/mol. The number of nitrogens with one attached hydrogen (secondary N) is 4. The van der Waals surface area contributed by atoms with Crippen molar-refractivity contribution in [3.63, 3.8) is 0 Å². The van der Waals surface area contributed by atoms with E-state index in [2.05, 4.69) is 42.5 Å². The Bertz CT molecular complexity index is 1950. The van der Waals surface area contributed by atoms with Crippen LogP contribution < -0.4 is 16.0 Å². The summed E-state index contributed by atoms with van der Waals surface area (Å²) < 4.78 is 0. The lowest BCUT2D eigenvalue weighted by Crippen LogP contribution is -2.15. The topological polar surface area (TPSA) is 125 Å². The van der Waals surface area contributed by atoms with Gasteiger partial charge in [0.2, 0.25) is 0 Å². The van der Waals surface area contributed by atoms with Gasteiger partial charge in [-0.1, -0.05) is 49.0 Å². The third-order valence-corrected chi connectivity index (χ3v) is 6.74. The molecule has 9 nitrogen and oxygen atoms in total. The average Bonchev–Trinajstić information content (AvgIpc) is 3.48. The molecule has 4 N–H and O–H groups in total. The van der Waals surface area contributed by atoms with E-state index in [1.54, 1.807) is 60.7 Å². The van der Waals surface area contributed by atoms with Crippen molar-refractivity contribution in [1.29, 1.82) is 0 Å². The highest BCUT2D eigenvalue weighted by Crippen LogP contribution is 2.22. The Morgan fingerprint density at radius 2 is 1.23 bits per heavy atom. The first-order chi connectivity index (χ1) is 20.9. The summed E-state index contributed by atoms with van der Waals surface area (Å²) >= 11 is 0. The zero-order valence-electron chi connectivity index (χ0n) is 23.3. The molecule has 0 saturated carbocycles. The van der Waals surface area contributed by atoms with E-state index < -0.39 is 0 Å². The van der Waals surface area contributed by atoms with Crippen LogP contribution in [0.2, 0.25) is 0 Å². The summed E-state index contributed by atoms with van der Waals surface area (Å²) in [6, 6.07) is 32.8. The van der Waals surface area contributed by atoms with Gasteiger partial charge < -0.3 is 20.9 Å². The smallest absolute Gasteiger partial charge is 0.274 e. The van der Waals surface area contributed by atoms with Gasteiger partial charge >= 0.3 is 0 Å². The van der Waals surface area contributed by atoms with Crippen LogP contribution in [0.4, 0.5) is 17.1 Å². The Morgan fingerprint density at radius 1 is 0.628 bits per heavy atom. The number of aryl methyl sites for hydroxylation is 1. The van der Waals surface area contributed by atoms with Gasteiger partial charge in [-0.3, -0.25) is 9.59 Å². The molecule has 6 rings (SSSR count). The lowest BCUT2D eigenvalue weighted by Gasteiger charge is -2.12. The number of pyridine rings is 2. The predicted molar refractivity (Wildman–Crippen MR) is 170 cm³/mol. The van der Waals surface area contributed by atoms with E-state index in [-0.39, 0.29) is 23.2 Å². The van der Waals surface area contributed by atoms with Crippen molar-refractivity contribution in [3.05, 3.63) is 138 Å². The number of nitrogens with zero attached hydrogens (tertiary/aromatic N) is 3. The zero-order valence-corrected chi connectivity index (χ0v) is 23.3. The molecule has 43 heavy (non-hydrogen) atoms. The Balaban J connectivity index is 1.09. The van der Waals surface area contributed by atoms with E-state index in [4.69, 9.17) is 0 Å². The Morgan fingerprint density at radius 3 is 1.93 bits per heavy atom. The maximum absolute atomic E-state index is 12.9. The van der Waals surface area contributed by atoms with E-state index in [1.807, 2.05) is 55.5 Å². The van der Waals surface area contributed by atoms with E-state index in [0.29, 0.717) is 34.3 Å². The van der Waals surface area contributed by atoms with Gasteiger partial charge in [0.15, 0.2) is 5.82 Å². The van der Waals surface area contributed by atoms with Crippen molar-refractivity contribution < 1.29 is 9.59 Å². The molecule has 3 heterocycles. The first-order valence-electron chi connectivity index (χ1n) is 13.6. The summed E-state index contributed by atoms with van der Waals surface area (Å²) in [5.41, 5.74) is 7.03. The molecule has 0 aliphatic heterocycles. The number of para-hydroxylation sites is 3. The minimum atomic E-state index is -0.367. The fraction of sp³-hybridized carbons (Fsp3) is 0.0294. The summed E-state index contributed by atoms with van der Waals surface area (Å²) in [4.78, 5) is 42.7. The number of carbonyl (C=O) groups excluding carboxylic acids is 2. The number of hydrogen-bond acceptors (Lipinski definition) is 6. The standard InChI is InChI=1S/C34H27N7O2/c1-21-9-3-4-10-25(21)35-22(2)26-13-7-15-30(38-26)33(42)36-23-17-19-24(20-18-23)37-34(43)31-16-8-14-29(39-31)32-40-27-11-5-6-12-28(27)41-32/h3-20,35H,2H2,1H3,(H,36,42)(H,37,43)(H,40,41). The SMILES string of the molecule is C=C(Nc1ccccc1C)c1cccc(C(=O)Nc2ccc(NC(=O)c3cccc(-c4nc5ccccc5[nH]4)n3)cc2)n1. The number of anilines is 3. The molecular formula is C34H27N7O2. The molecular weight excluding hydrogens is 538 g/mol. The molecule has 0 atom stereocenters. The van der Waals surface area contributed by atoms with E-state index in [1.165, 1.54) is 0 Å². The Kier molecular flexibility index (Phi) is 7.43. The molecule has 0 radical (unpaired) electrons. The van der Waals surface area contributed by atoms with Gasteiger partial charge in [-0.05, 0) is 79.2 Å². The summed E-state index contributed by atoms with van der Waals surface area (Å²) in [6.07, 6.45) is 0. The molecule has 0 spiro atoms. The first-order valence-corrected chi connectivity index (χ1v) is 13.6. The lowest BCUT2D eigenvalue weighted by molar-refractivity contribution is 0.101. The van der Waals surface area contributed by atoms with Gasteiger partial charge in [0.05, 0.1) is 22.4 Å². The molecule has 210 valence electrons. The summed E-state index contributed by atoms with van der Waals surface area (Å²) in [6.45, 7) is 6.08. The molecule has 3 aromatic heterocycles. The number of aromatic amines is 1. The predicted octanol–water partition coefficient (Wildman–Crippen LogP) is 6.92. The second-order valence-electron chi connectivity index (χ2n) is 9.82. The van der Waals surface area contributed by atoms with Gasteiger partial charge in [-0.2, -0.15) is 0 Å². The van der Waals surface area contributed by atoms with Crippen LogP contribution >= 0.6 is 0 Å². The number of benzene rings is 3. The van der Waals surface area contributed by atoms with Crippen molar-refractivity contribution in [2.45, 2.75) is 6.92 Å². The second-order valence-corrected chi connectivity index (χ2v) is 9.82. The first kappa shape index (κ1) is 27.1. The molecule has 0 unspecified atom stereocenters. The molecule has 0 aliphatic rings. The summed E-state index contributed by atoms with van der Waals surface area (Å²) in [7, 11) is 0. The number of hydrogen-bond donors (Lipinski definition) is 4. The summed E-state index contributed by atoms with van der Waals surface area (Å²) in [5.74, 6) is -0.146. The van der Waals surface area contributed by atoms with Crippen LogP contribution in [0.3, 0.4) is 0 Å². The number of amides is 2. The monoisotopic (exact) mass is 565 g/mol. The molecule has 0 aliphatic carbocycles. The molecule has 3 aromatic carbocycles. The maximum Gasteiger partial charge on any atom is 0.274 e. The van der Waals surface area contributed by atoms with E-state index in [0.717, 1.165) is 22.3 Å². The Hall–Kier alpha value is -6.09. The summed E-state index contributed by atoms with van der Waals surface area (Å²) in [5, 5.41) is 8.95. The number of carbonyl (C=O) groups is 2. The highest BCUT2D eigenvalue weighted by atomic mass is 16.2. The largest absolute Gasteiger partial charge is 0.354 e. The van der Waals surface area contributed by atoms with Crippen LogP contribution in [-0.2, 0) is 0 Å². The van der Waals surface area contributed by atoms with Crippen molar-refractivity contribution in [2.75, 3.05) is 16.0 Å². The van der Waals surface area contributed by atoms with Crippen LogP contribution in [0.25, 0.3) is 28.2 Å². The quantitative estimate of drug-likeness (QED) is 0.159. The number of H-pyrrole nitrogens is 1. The van der Waals surface area contributed by atoms with E-state index in [9.17, 15) is 9.59 Å². The fourth-order valence-corrected chi connectivity index (χ4v) is 4.46. The number of aromatic nitrogens is 4. The molecule has 0 bridgehead atoms. The number of rotatable bonds is 8.